The molecule has 2 nitrogen and oxygen atoms in total. The van der Waals surface area contributed by atoms with Gasteiger partial charge in [-0.3, -0.25) is 4.90 Å². The molecule has 0 aromatic heterocycles. The molecule has 2 atom stereocenters. The molecule has 0 aromatic rings. The Kier molecular flexibility index (Phi) is 6.65. The molecule has 0 heterocycles. The minimum Gasteiger partial charge on any atom is -0.329 e. The van der Waals surface area contributed by atoms with Gasteiger partial charge in [0.2, 0.25) is 0 Å². The van der Waals surface area contributed by atoms with Crippen LogP contribution in [0.4, 0.5) is 0 Å². The van der Waals surface area contributed by atoms with Gasteiger partial charge in [0.15, 0.2) is 0 Å². The van der Waals surface area contributed by atoms with Gasteiger partial charge >= 0.3 is 0 Å². The summed E-state index contributed by atoms with van der Waals surface area (Å²) in [7, 11) is 0. The predicted octanol–water partition coefficient (Wildman–Crippen LogP) is 3.79. The fourth-order valence-electron chi connectivity index (χ4n) is 3.80. The van der Waals surface area contributed by atoms with Crippen LogP contribution in [-0.4, -0.2) is 29.6 Å². The summed E-state index contributed by atoms with van der Waals surface area (Å²) >= 11 is 0. The third kappa shape index (κ3) is 3.48. The molecule has 2 unspecified atom stereocenters. The summed E-state index contributed by atoms with van der Waals surface area (Å²) in [4.78, 5) is 2.76. The Morgan fingerprint density at radius 3 is 2.22 bits per heavy atom. The lowest BCUT2D eigenvalue weighted by Gasteiger charge is -2.47. The van der Waals surface area contributed by atoms with E-state index >= 15 is 0 Å². The first-order valence-corrected chi connectivity index (χ1v) is 8.10. The molecule has 1 aliphatic rings. The minimum absolute atomic E-state index is 0.249. The first-order valence-electron chi connectivity index (χ1n) is 8.10. The summed E-state index contributed by atoms with van der Waals surface area (Å²) in [5, 5.41) is 0. The number of nitrogens with two attached hydrogens (primary N) is 1. The number of rotatable bonds is 8. The maximum Gasteiger partial charge on any atom is 0.0334 e. The van der Waals surface area contributed by atoms with Crippen LogP contribution in [0, 0.1) is 5.92 Å². The number of likely N-dealkylation sites (N-methyl/N-ethyl adjacent to an activating group) is 1. The van der Waals surface area contributed by atoms with Gasteiger partial charge in [-0.2, -0.15) is 0 Å². The molecular weight excluding hydrogens is 220 g/mol. The van der Waals surface area contributed by atoms with Gasteiger partial charge in [0.05, 0.1) is 0 Å². The summed E-state index contributed by atoms with van der Waals surface area (Å²) < 4.78 is 0. The predicted molar refractivity (Wildman–Crippen MR) is 80.8 cm³/mol. The van der Waals surface area contributed by atoms with E-state index in [9.17, 15) is 0 Å². The largest absolute Gasteiger partial charge is 0.329 e. The molecule has 108 valence electrons. The average Bonchev–Trinajstić information content (AvgIpc) is 2.91. The Hall–Kier alpha value is -0.0800. The molecule has 0 radical (unpaired) electrons. The Labute approximate surface area is 114 Å². The first kappa shape index (κ1) is 16.0. The molecule has 1 saturated carbocycles. The molecule has 0 bridgehead atoms. The molecule has 2 heteroatoms. The topological polar surface area (TPSA) is 29.3 Å². The lowest BCUT2D eigenvalue weighted by Crippen LogP contribution is -2.57. The highest BCUT2D eigenvalue weighted by molar-refractivity contribution is 4.95. The average molecular weight is 254 g/mol. The van der Waals surface area contributed by atoms with Crippen molar-refractivity contribution in [2.45, 2.75) is 84.2 Å². The quantitative estimate of drug-likeness (QED) is 0.714. The lowest BCUT2D eigenvalue weighted by molar-refractivity contribution is 0.0322. The smallest absolute Gasteiger partial charge is 0.0334 e. The van der Waals surface area contributed by atoms with E-state index in [2.05, 4.69) is 32.6 Å². The van der Waals surface area contributed by atoms with Crippen molar-refractivity contribution in [1.29, 1.82) is 0 Å². The van der Waals surface area contributed by atoms with Crippen molar-refractivity contribution in [1.82, 2.24) is 4.90 Å². The summed E-state index contributed by atoms with van der Waals surface area (Å²) in [6.45, 7) is 11.3. The van der Waals surface area contributed by atoms with Crippen LogP contribution >= 0.6 is 0 Å². The second-order valence-corrected chi connectivity index (χ2v) is 6.22. The van der Waals surface area contributed by atoms with E-state index in [1.807, 2.05) is 0 Å². The van der Waals surface area contributed by atoms with Crippen molar-refractivity contribution in [3.8, 4) is 0 Å². The Morgan fingerprint density at radius 2 is 1.83 bits per heavy atom. The highest BCUT2D eigenvalue weighted by Gasteiger charge is 2.38. The molecule has 1 rings (SSSR count). The van der Waals surface area contributed by atoms with Gasteiger partial charge in [-0.1, -0.05) is 47.0 Å². The van der Waals surface area contributed by atoms with Crippen molar-refractivity contribution in [2.24, 2.45) is 11.7 Å². The van der Waals surface area contributed by atoms with Gasteiger partial charge in [-0.25, -0.2) is 0 Å². The van der Waals surface area contributed by atoms with Crippen molar-refractivity contribution < 1.29 is 0 Å². The van der Waals surface area contributed by atoms with E-state index in [-0.39, 0.29) is 5.54 Å². The molecular formula is C16H34N2. The molecule has 0 spiro atoms. The maximum absolute atomic E-state index is 6.22. The zero-order valence-corrected chi connectivity index (χ0v) is 13.0. The second-order valence-electron chi connectivity index (χ2n) is 6.22. The first-order chi connectivity index (χ1) is 8.63. The van der Waals surface area contributed by atoms with Crippen LogP contribution in [-0.2, 0) is 0 Å². The maximum atomic E-state index is 6.22. The van der Waals surface area contributed by atoms with Gasteiger partial charge < -0.3 is 5.73 Å². The van der Waals surface area contributed by atoms with Crippen LogP contribution in [0.2, 0.25) is 0 Å². The van der Waals surface area contributed by atoms with Crippen LogP contribution in [0.1, 0.15) is 72.6 Å². The normalized spacial score (nSPS) is 22.3. The number of nitrogens with zero attached hydrogens (tertiary/aromatic N) is 1. The van der Waals surface area contributed by atoms with Crippen LogP contribution in [0.5, 0.6) is 0 Å². The molecule has 0 aliphatic heterocycles. The van der Waals surface area contributed by atoms with E-state index < -0.39 is 0 Å². The Balaban J connectivity index is 2.84. The number of hydrogen-bond donors (Lipinski definition) is 1. The number of hydrogen-bond acceptors (Lipinski definition) is 2. The van der Waals surface area contributed by atoms with Crippen LogP contribution in [0.25, 0.3) is 0 Å². The molecule has 1 fully saturated rings. The molecule has 18 heavy (non-hydrogen) atoms. The van der Waals surface area contributed by atoms with Gasteiger partial charge in [-0.05, 0) is 38.1 Å². The Morgan fingerprint density at radius 1 is 1.22 bits per heavy atom. The SMILES string of the molecule is CCC(C)CC(CC)(CN)N(CC)C1CCCC1. The minimum atomic E-state index is 0.249. The van der Waals surface area contributed by atoms with Crippen molar-refractivity contribution >= 4 is 0 Å². The summed E-state index contributed by atoms with van der Waals surface area (Å²) in [5.74, 6) is 0.781. The van der Waals surface area contributed by atoms with Gasteiger partial charge in [0.25, 0.3) is 0 Å². The molecule has 2 N–H and O–H groups in total. The van der Waals surface area contributed by atoms with E-state index in [1.165, 1.54) is 44.9 Å². The van der Waals surface area contributed by atoms with Gasteiger partial charge in [0, 0.05) is 18.1 Å². The van der Waals surface area contributed by atoms with E-state index in [4.69, 9.17) is 5.73 Å². The highest BCUT2D eigenvalue weighted by atomic mass is 15.2. The van der Waals surface area contributed by atoms with Crippen LogP contribution in [0.3, 0.4) is 0 Å². The zero-order valence-electron chi connectivity index (χ0n) is 13.0. The third-order valence-electron chi connectivity index (χ3n) is 5.18. The zero-order chi connectivity index (χ0) is 13.6. The van der Waals surface area contributed by atoms with Crippen LogP contribution < -0.4 is 5.73 Å². The van der Waals surface area contributed by atoms with Crippen LogP contribution in [0.15, 0.2) is 0 Å². The summed E-state index contributed by atoms with van der Waals surface area (Å²) in [5.41, 5.74) is 6.47. The molecule has 1 aliphatic carbocycles. The monoisotopic (exact) mass is 254 g/mol. The van der Waals surface area contributed by atoms with Crippen molar-refractivity contribution in [2.75, 3.05) is 13.1 Å². The van der Waals surface area contributed by atoms with E-state index in [0.29, 0.717) is 0 Å². The third-order valence-corrected chi connectivity index (χ3v) is 5.18. The Bertz CT molecular complexity index is 217. The lowest BCUT2D eigenvalue weighted by atomic mass is 9.82. The summed E-state index contributed by atoms with van der Waals surface area (Å²) in [6, 6.07) is 0.794. The van der Waals surface area contributed by atoms with Crippen molar-refractivity contribution in [3.63, 3.8) is 0 Å². The molecule has 0 aromatic carbocycles. The van der Waals surface area contributed by atoms with Gasteiger partial charge in [0.1, 0.15) is 0 Å². The highest BCUT2D eigenvalue weighted by Crippen LogP contribution is 2.35. The van der Waals surface area contributed by atoms with E-state index in [0.717, 1.165) is 25.0 Å². The van der Waals surface area contributed by atoms with Gasteiger partial charge in [-0.15, -0.1) is 0 Å². The summed E-state index contributed by atoms with van der Waals surface area (Å²) in [6.07, 6.45) is 9.32. The molecule has 0 saturated heterocycles. The standard InChI is InChI=1S/C16H34N2/c1-5-14(4)12-16(6-2,13-17)18(7-3)15-10-8-9-11-15/h14-15H,5-13,17H2,1-4H3. The van der Waals surface area contributed by atoms with E-state index in [1.54, 1.807) is 0 Å². The van der Waals surface area contributed by atoms with Crippen molar-refractivity contribution in [3.05, 3.63) is 0 Å². The second kappa shape index (κ2) is 7.49. The molecule has 0 amide bonds. The fourth-order valence-corrected chi connectivity index (χ4v) is 3.80. The fraction of sp³-hybridized carbons (Fsp3) is 1.00.